The number of rotatable bonds is 4. The summed E-state index contributed by atoms with van der Waals surface area (Å²) in [5, 5.41) is 2.77. The van der Waals surface area contributed by atoms with Gasteiger partial charge in [0.15, 0.2) is 11.5 Å². The molecule has 0 amide bonds. The lowest BCUT2D eigenvalue weighted by Crippen LogP contribution is -2.11. The molecule has 0 fully saturated rings. The van der Waals surface area contributed by atoms with Crippen molar-refractivity contribution in [2.24, 2.45) is 0 Å². The minimum absolute atomic E-state index is 0.123. The highest BCUT2D eigenvalue weighted by molar-refractivity contribution is 7.13. The molecule has 24 heavy (non-hydrogen) atoms. The number of benzene rings is 2. The highest BCUT2D eigenvalue weighted by atomic mass is 32.1. The van der Waals surface area contributed by atoms with Crippen LogP contribution in [0.2, 0.25) is 0 Å². The van der Waals surface area contributed by atoms with Gasteiger partial charge in [-0.15, -0.1) is 11.3 Å². The second kappa shape index (κ2) is 6.33. The van der Waals surface area contributed by atoms with E-state index >= 15 is 0 Å². The van der Waals surface area contributed by atoms with E-state index in [4.69, 9.17) is 14.2 Å². The Kier molecular flexibility index (Phi) is 3.88. The van der Waals surface area contributed by atoms with E-state index in [9.17, 15) is 4.79 Å². The summed E-state index contributed by atoms with van der Waals surface area (Å²) >= 11 is 1.51. The third-order valence-corrected chi connectivity index (χ3v) is 4.41. The van der Waals surface area contributed by atoms with Crippen LogP contribution in [0.1, 0.15) is 5.69 Å². The molecule has 2 heterocycles. The Morgan fingerprint density at radius 1 is 1.12 bits per heavy atom. The van der Waals surface area contributed by atoms with Gasteiger partial charge in [0.05, 0.1) is 12.1 Å². The van der Waals surface area contributed by atoms with Crippen LogP contribution in [-0.2, 0) is 11.2 Å². The summed E-state index contributed by atoms with van der Waals surface area (Å²) in [6.45, 7) is 0.188. The van der Waals surface area contributed by atoms with Crippen molar-refractivity contribution in [3.8, 4) is 27.8 Å². The van der Waals surface area contributed by atoms with Gasteiger partial charge < -0.3 is 14.2 Å². The van der Waals surface area contributed by atoms with E-state index in [0.29, 0.717) is 22.9 Å². The minimum atomic E-state index is -0.362. The number of hydrogen-bond acceptors (Lipinski definition) is 6. The van der Waals surface area contributed by atoms with Crippen molar-refractivity contribution in [3.63, 3.8) is 0 Å². The van der Waals surface area contributed by atoms with Crippen molar-refractivity contribution >= 4 is 17.3 Å². The van der Waals surface area contributed by atoms with Crippen LogP contribution >= 0.6 is 11.3 Å². The predicted molar refractivity (Wildman–Crippen MR) is 89.5 cm³/mol. The van der Waals surface area contributed by atoms with Crippen LogP contribution in [0, 0.1) is 0 Å². The van der Waals surface area contributed by atoms with Gasteiger partial charge in [0.2, 0.25) is 6.79 Å². The first kappa shape index (κ1) is 14.7. The molecule has 0 radical (unpaired) electrons. The number of carbonyl (C=O) groups excluding carboxylic acids is 1. The van der Waals surface area contributed by atoms with Crippen LogP contribution in [0.3, 0.4) is 0 Å². The molecule has 3 aromatic rings. The summed E-state index contributed by atoms with van der Waals surface area (Å²) in [5.41, 5.74) is 1.74. The Balaban J connectivity index is 1.42. The third kappa shape index (κ3) is 3.09. The number of esters is 1. The number of fused-ring (bicyclic) bond motifs is 1. The molecule has 5 nitrogen and oxygen atoms in total. The first-order valence-electron chi connectivity index (χ1n) is 7.38. The zero-order chi connectivity index (χ0) is 16.4. The molecule has 0 atom stereocenters. The van der Waals surface area contributed by atoms with E-state index < -0.39 is 0 Å². The molecule has 0 unspecified atom stereocenters. The molecule has 1 aromatic heterocycles. The van der Waals surface area contributed by atoms with Crippen molar-refractivity contribution in [2.45, 2.75) is 6.42 Å². The van der Waals surface area contributed by atoms with Crippen LogP contribution < -0.4 is 14.2 Å². The Morgan fingerprint density at radius 2 is 1.96 bits per heavy atom. The summed E-state index contributed by atoms with van der Waals surface area (Å²) in [6, 6.07) is 14.9. The van der Waals surface area contributed by atoms with E-state index in [1.807, 2.05) is 35.7 Å². The lowest BCUT2D eigenvalue weighted by molar-refractivity contribution is -0.133. The number of carbonyl (C=O) groups is 1. The molecule has 1 aliphatic heterocycles. The molecule has 0 N–H and O–H groups in total. The van der Waals surface area contributed by atoms with Crippen LogP contribution in [0.4, 0.5) is 0 Å². The molecule has 2 aromatic carbocycles. The average Bonchev–Trinajstić information content (AvgIpc) is 3.24. The average molecular weight is 339 g/mol. The molecule has 1 aliphatic rings. The van der Waals surface area contributed by atoms with Gasteiger partial charge in [0.25, 0.3) is 0 Å². The topological polar surface area (TPSA) is 57.7 Å². The Labute approximate surface area is 142 Å². The van der Waals surface area contributed by atoms with E-state index in [0.717, 1.165) is 10.6 Å². The van der Waals surface area contributed by atoms with Crippen molar-refractivity contribution in [1.29, 1.82) is 0 Å². The number of aromatic nitrogens is 1. The van der Waals surface area contributed by atoms with Gasteiger partial charge in [0.1, 0.15) is 10.8 Å². The molecule has 0 saturated heterocycles. The molecule has 0 saturated carbocycles. The zero-order valence-electron chi connectivity index (χ0n) is 12.6. The van der Waals surface area contributed by atoms with Crippen LogP contribution in [0.5, 0.6) is 17.2 Å². The maximum absolute atomic E-state index is 12.1. The van der Waals surface area contributed by atoms with Gasteiger partial charge in [-0.2, -0.15) is 0 Å². The summed E-state index contributed by atoms with van der Waals surface area (Å²) in [4.78, 5) is 16.6. The minimum Gasteiger partial charge on any atom is -0.454 e. The van der Waals surface area contributed by atoms with E-state index in [-0.39, 0.29) is 19.2 Å². The van der Waals surface area contributed by atoms with Crippen molar-refractivity contribution in [1.82, 2.24) is 4.98 Å². The fraction of sp³-hybridized carbons (Fsp3) is 0.111. The van der Waals surface area contributed by atoms with Gasteiger partial charge in [-0.1, -0.05) is 30.3 Å². The fourth-order valence-corrected chi connectivity index (χ4v) is 3.18. The standard InChI is InChI=1S/C18H13NO4S/c20-17(23-14-6-7-15-16(9-14)22-11-21-15)8-13-10-24-18(19-13)12-4-2-1-3-5-12/h1-7,9-10H,8,11H2. The van der Waals surface area contributed by atoms with Gasteiger partial charge in [0, 0.05) is 17.0 Å². The largest absolute Gasteiger partial charge is 0.454 e. The molecule has 0 spiro atoms. The second-order valence-corrected chi connectivity index (χ2v) is 6.03. The smallest absolute Gasteiger partial charge is 0.317 e. The number of ether oxygens (including phenoxy) is 3. The Bertz CT molecular complexity index is 876. The Morgan fingerprint density at radius 3 is 2.83 bits per heavy atom. The van der Waals surface area contributed by atoms with Gasteiger partial charge >= 0.3 is 5.97 Å². The summed E-state index contributed by atoms with van der Waals surface area (Å²) < 4.78 is 15.8. The van der Waals surface area contributed by atoms with Crippen LogP contribution in [0.15, 0.2) is 53.9 Å². The lowest BCUT2D eigenvalue weighted by Gasteiger charge is -2.04. The van der Waals surface area contributed by atoms with E-state index in [2.05, 4.69) is 4.98 Å². The molecular weight excluding hydrogens is 326 g/mol. The highest BCUT2D eigenvalue weighted by Crippen LogP contribution is 2.35. The Hall–Kier alpha value is -2.86. The van der Waals surface area contributed by atoms with Gasteiger partial charge in [-0.25, -0.2) is 4.98 Å². The number of nitrogens with zero attached hydrogens (tertiary/aromatic N) is 1. The van der Waals surface area contributed by atoms with Gasteiger partial charge in [-0.05, 0) is 12.1 Å². The third-order valence-electron chi connectivity index (χ3n) is 3.47. The molecule has 4 rings (SSSR count). The zero-order valence-corrected chi connectivity index (χ0v) is 13.4. The molecule has 6 heteroatoms. The molecular formula is C18H13NO4S. The maximum atomic E-state index is 12.1. The first-order valence-corrected chi connectivity index (χ1v) is 8.26. The highest BCUT2D eigenvalue weighted by Gasteiger charge is 2.16. The van der Waals surface area contributed by atoms with Crippen LogP contribution in [0.25, 0.3) is 10.6 Å². The summed E-state index contributed by atoms with van der Waals surface area (Å²) in [7, 11) is 0. The van der Waals surface area contributed by atoms with E-state index in [1.54, 1.807) is 18.2 Å². The van der Waals surface area contributed by atoms with Crippen molar-refractivity contribution < 1.29 is 19.0 Å². The van der Waals surface area contributed by atoms with Gasteiger partial charge in [-0.3, -0.25) is 4.79 Å². The fourth-order valence-electron chi connectivity index (χ4n) is 2.36. The normalized spacial score (nSPS) is 12.2. The molecule has 120 valence electrons. The van der Waals surface area contributed by atoms with Crippen molar-refractivity contribution in [3.05, 3.63) is 59.6 Å². The summed E-state index contributed by atoms with van der Waals surface area (Å²) in [5.74, 6) is 1.31. The predicted octanol–water partition coefficient (Wildman–Crippen LogP) is 3.69. The molecule has 0 aliphatic carbocycles. The lowest BCUT2D eigenvalue weighted by atomic mass is 10.2. The molecule has 0 bridgehead atoms. The number of hydrogen-bond donors (Lipinski definition) is 0. The van der Waals surface area contributed by atoms with E-state index in [1.165, 1.54) is 11.3 Å². The summed E-state index contributed by atoms with van der Waals surface area (Å²) in [6.07, 6.45) is 0.123. The first-order chi connectivity index (χ1) is 11.8. The number of thiazole rings is 1. The maximum Gasteiger partial charge on any atom is 0.317 e. The second-order valence-electron chi connectivity index (χ2n) is 5.18. The monoisotopic (exact) mass is 339 g/mol. The SMILES string of the molecule is O=C(Cc1csc(-c2ccccc2)n1)Oc1ccc2c(c1)OCO2. The quantitative estimate of drug-likeness (QED) is 0.536. The van der Waals surface area contributed by atoms with Crippen molar-refractivity contribution in [2.75, 3.05) is 6.79 Å². The van der Waals surface area contributed by atoms with Crippen LogP contribution in [-0.4, -0.2) is 17.7 Å².